The monoisotopic (exact) mass is 1380 g/mol. The number of rotatable bonds is 63. The molecule has 0 aliphatic rings. The molecule has 3 atom stereocenters. The van der Waals surface area contributed by atoms with E-state index in [0.717, 1.165) is 96.3 Å². The predicted molar refractivity (Wildman–Crippen MR) is 369 cm³/mol. The van der Waals surface area contributed by atoms with Crippen LogP contribution in [0.4, 0.5) is 0 Å². The number of hydrogen-bond acceptors (Lipinski definition) is 12. The van der Waals surface area contributed by atoms with Gasteiger partial charge in [-0.2, -0.15) is 0 Å². The van der Waals surface area contributed by atoms with E-state index in [9.17, 15) is 59.4 Å². The first-order valence-electron chi connectivity index (χ1n) is 38.7. The maximum atomic E-state index is 10.3. The summed E-state index contributed by atoms with van der Waals surface area (Å²) < 4.78 is 0. The van der Waals surface area contributed by atoms with Crippen LogP contribution in [0.2, 0.25) is 0 Å². The molecule has 12 nitrogen and oxygen atoms in total. The molecule has 0 aliphatic heterocycles. The molecule has 0 amide bonds. The summed E-state index contributed by atoms with van der Waals surface area (Å²) in [6, 6.07) is 0. The third-order valence-electron chi connectivity index (χ3n) is 17.2. The number of carbonyl (C=O) groups excluding carboxylic acids is 6. The van der Waals surface area contributed by atoms with Gasteiger partial charge >= 0.3 is 0 Å². The van der Waals surface area contributed by atoms with Gasteiger partial charge in [0.15, 0.2) is 0 Å². The van der Waals surface area contributed by atoms with E-state index in [-0.39, 0.29) is 58.1 Å². The Morgan fingerprint density at radius 2 is 0.319 bits per heavy atom. The van der Waals surface area contributed by atoms with E-state index in [0.29, 0.717) is 19.3 Å². The minimum absolute atomic E-state index is 0. The van der Waals surface area contributed by atoms with Gasteiger partial charge in [-0.1, -0.05) is 371 Å². The molecule has 0 rings (SSSR count). The first-order valence-corrected chi connectivity index (χ1v) is 38.7. The van der Waals surface area contributed by atoms with Crippen molar-refractivity contribution in [1.29, 1.82) is 0 Å². The van der Waals surface area contributed by atoms with E-state index in [4.69, 9.17) is 0 Å². The van der Waals surface area contributed by atoms with Crippen molar-refractivity contribution in [1.82, 2.24) is 0 Å². The van der Waals surface area contributed by atoms with Gasteiger partial charge in [0.25, 0.3) is 0 Å². The topological polar surface area (TPSA) is 241 Å². The van der Waals surface area contributed by atoms with Crippen LogP contribution in [0.5, 0.6) is 0 Å². The number of unbranched alkanes of at least 4 members (excludes halogenated alkanes) is 45. The van der Waals surface area contributed by atoms with Crippen LogP contribution < -0.4 is 30.6 Å². The molecule has 0 heterocycles. The van der Waals surface area contributed by atoms with Crippen molar-refractivity contribution < 1.29 is 80.5 Å². The van der Waals surface area contributed by atoms with Crippen molar-refractivity contribution in [2.24, 2.45) is 17.8 Å². The van der Waals surface area contributed by atoms with Crippen LogP contribution in [0.1, 0.15) is 448 Å². The second-order valence-corrected chi connectivity index (χ2v) is 25.9. The number of hydrogen-bond donors (Lipinski definition) is 0. The smallest absolute Gasteiger partial charge is 0.0445 e. The Morgan fingerprint density at radius 1 is 0.198 bits per heavy atom. The number of carboxylic acids is 6. The van der Waals surface area contributed by atoms with Gasteiger partial charge in [-0.3, -0.25) is 0 Å². The molecule has 546 valence electrons. The van der Waals surface area contributed by atoms with E-state index in [2.05, 4.69) is 41.5 Å². The van der Waals surface area contributed by atoms with Crippen LogP contribution in [0.3, 0.4) is 0 Å². The Hall–Kier alpha value is -2.49. The Kier molecular flexibility index (Phi) is 103. The van der Waals surface area contributed by atoms with Gasteiger partial charge in [0.2, 0.25) is 0 Å². The van der Waals surface area contributed by atoms with Gasteiger partial charge in [-0.25, -0.2) is 0 Å². The van der Waals surface area contributed by atoms with Crippen molar-refractivity contribution in [2.45, 2.75) is 448 Å². The maximum Gasteiger partial charge on any atom is 0.0445 e. The second kappa shape index (κ2) is 91.7. The Bertz CT molecular complexity index is 1280. The summed E-state index contributed by atoms with van der Waals surface area (Å²) in [4.78, 5) is 61.6. The summed E-state index contributed by atoms with van der Waals surface area (Å²) in [5.74, 6) is -6.05. The van der Waals surface area contributed by atoms with Gasteiger partial charge in [-0.15, -0.1) is 0 Å². The zero-order chi connectivity index (χ0) is 68.6. The van der Waals surface area contributed by atoms with Crippen molar-refractivity contribution >= 4 is 35.8 Å². The van der Waals surface area contributed by atoms with Gasteiger partial charge < -0.3 is 59.4 Å². The SMILES string of the molecule is CCCCC(CC)C(=O)[O-].CCCCC(CC)C(=O)[O-].CCCCC(CC)C(=O)[O-].CCCCCCCCCCCCCCCCCC(=O)[O-].CCCCCCCCCCCCCCCCCC(=O)[O-].CCCCCCCCCCCCCCCCCC(=O)[O-].[Mo]. The quantitative estimate of drug-likeness (QED) is 0.0408. The molecule has 0 saturated heterocycles. The van der Waals surface area contributed by atoms with Gasteiger partial charge in [0.05, 0.1) is 0 Å². The molecule has 0 saturated carbocycles. The zero-order valence-corrected chi connectivity index (χ0v) is 63.5. The summed E-state index contributed by atoms with van der Waals surface area (Å²) >= 11 is 0. The molecule has 0 bridgehead atoms. The molecule has 0 aromatic rings. The molecule has 0 aromatic heterocycles. The number of carboxylic acid groups (broad SMARTS) is 6. The minimum Gasteiger partial charge on any atom is -0.550 e. The van der Waals surface area contributed by atoms with Crippen LogP contribution in [0, 0.1) is 17.8 Å². The van der Waals surface area contributed by atoms with E-state index < -0.39 is 35.8 Å². The maximum absolute atomic E-state index is 10.3. The molecule has 0 N–H and O–H groups in total. The summed E-state index contributed by atoms with van der Waals surface area (Å²) in [5, 5.41) is 61.6. The Morgan fingerprint density at radius 3 is 0.418 bits per heavy atom. The van der Waals surface area contributed by atoms with Crippen molar-refractivity contribution in [3.05, 3.63) is 0 Å². The molecule has 0 radical (unpaired) electrons. The number of carbonyl (C=O) groups is 6. The predicted octanol–water partition coefficient (Wildman–Crippen LogP) is 17.8. The molecule has 0 aliphatic carbocycles. The Balaban J connectivity index is -0.000000191. The number of aliphatic carboxylic acids is 6. The fourth-order valence-corrected chi connectivity index (χ4v) is 10.7. The fraction of sp³-hybridized carbons (Fsp3) is 0.923. The molecular formula is C78H150MoO12-6. The molecule has 13 heteroatoms. The van der Waals surface area contributed by atoms with E-state index in [1.807, 2.05) is 20.8 Å². The third kappa shape index (κ3) is 104. The standard InChI is InChI=1S/3C18H36O2.3C8H16O2.Mo/c3*1-2-3-4-5-6-7-8-9-10-11-12-13-14-15-16-17-18(19)20;3*1-3-5-6-7(4-2)8(9)10;/h3*2-17H2,1H3,(H,19,20);3*7H,3-6H2,1-2H3,(H,9,10);/p-6. The fourth-order valence-electron chi connectivity index (χ4n) is 10.7. The van der Waals surface area contributed by atoms with E-state index >= 15 is 0 Å². The molecule has 3 unspecified atom stereocenters. The molecule has 0 fully saturated rings. The van der Waals surface area contributed by atoms with Crippen LogP contribution >= 0.6 is 0 Å². The molecule has 0 spiro atoms. The molecule has 0 aromatic carbocycles. The first kappa shape index (κ1) is 102. The van der Waals surface area contributed by atoms with E-state index in [1.54, 1.807) is 0 Å². The van der Waals surface area contributed by atoms with Crippen LogP contribution in [-0.4, -0.2) is 35.8 Å². The van der Waals surface area contributed by atoms with Crippen LogP contribution in [0.25, 0.3) is 0 Å². The average molecular weight is 1380 g/mol. The summed E-state index contributed by atoms with van der Waals surface area (Å²) in [5.41, 5.74) is 0. The van der Waals surface area contributed by atoms with Gasteiger partial charge in [-0.05, 0) is 94.8 Å². The van der Waals surface area contributed by atoms with Crippen molar-refractivity contribution in [2.75, 3.05) is 0 Å². The molecule has 91 heavy (non-hydrogen) atoms. The van der Waals surface area contributed by atoms with Gasteiger partial charge in [0, 0.05) is 56.9 Å². The van der Waals surface area contributed by atoms with Crippen LogP contribution in [-0.2, 0) is 49.8 Å². The third-order valence-corrected chi connectivity index (χ3v) is 17.2. The van der Waals surface area contributed by atoms with E-state index in [1.165, 1.54) is 250 Å². The second-order valence-electron chi connectivity index (χ2n) is 25.9. The summed E-state index contributed by atoms with van der Waals surface area (Å²) in [7, 11) is 0. The largest absolute Gasteiger partial charge is 0.550 e. The van der Waals surface area contributed by atoms with Crippen molar-refractivity contribution in [3.63, 3.8) is 0 Å². The summed E-state index contributed by atoms with van der Waals surface area (Å²) in [6.45, 7) is 18.6. The van der Waals surface area contributed by atoms with Crippen LogP contribution in [0.15, 0.2) is 0 Å². The zero-order valence-electron chi connectivity index (χ0n) is 61.5. The first-order chi connectivity index (χ1) is 43.5. The molecular weight excluding hydrogens is 1220 g/mol. The normalized spacial score (nSPS) is 11.4. The minimum atomic E-state index is -0.903. The van der Waals surface area contributed by atoms with Gasteiger partial charge in [0.1, 0.15) is 0 Å². The average Bonchev–Trinajstić information content (AvgIpc) is 3.53. The summed E-state index contributed by atoms with van der Waals surface area (Å²) in [6.07, 6.45) is 70.1. The Labute approximate surface area is 578 Å². The van der Waals surface area contributed by atoms with Crippen molar-refractivity contribution in [3.8, 4) is 0 Å².